The van der Waals surface area contributed by atoms with Gasteiger partial charge < -0.3 is 20.9 Å². The maximum absolute atomic E-state index is 15.1. The van der Waals surface area contributed by atoms with Gasteiger partial charge in [-0.15, -0.1) is 11.3 Å². The van der Waals surface area contributed by atoms with E-state index < -0.39 is 76.5 Å². The highest BCUT2D eigenvalue weighted by Crippen LogP contribution is 2.65. The Balaban J connectivity index is 1.44. The number of fused-ring (bicyclic) bond motifs is 2. The van der Waals surface area contributed by atoms with Crippen molar-refractivity contribution < 1.29 is 45.9 Å². The number of carbonyl (C=O) groups excluding carboxylic acids is 5. The predicted molar refractivity (Wildman–Crippen MR) is 151 cm³/mol. The number of ketones is 1. The Bertz CT molecular complexity index is 1570. The molecule has 2 saturated heterocycles. The summed E-state index contributed by atoms with van der Waals surface area (Å²) >= 11 is 0.903. The number of hydrogen-bond donors (Lipinski definition) is 3. The topological polar surface area (TPSA) is 138 Å². The van der Waals surface area contributed by atoms with Gasteiger partial charge in [-0.25, -0.2) is 13.8 Å². The summed E-state index contributed by atoms with van der Waals surface area (Å²) in [6, 6.07) is -0.699. The monoisotopic (exact) mass is 657 g/mol. The van der Waals surface area contributed by atoms with Gasteiger partial charge in [-0.05, 0) is 56.1 Å². The standard InChI is InChI=1S/C29H32F5N5O5S/c1-27(2)13-11-39(25(43)21(28(3,4)31)38-26(44)29(32,33)34)19(17(13)27)23(42)36-15(10-12-8-9-35-22(12)41)20(40)24-37-18-14(30)6-5-7-16(18)45-24/h5-7,12-13,15,17,19,21H,8-11H2,1-4H3,(H,35,41)(H,36,42)(H,38,44)/t12-,13-,15-,17-,19-,21+/m0/s1. The number of nitrogens with one attached hydrogen (secondary N) is 3. The smallest absolute Gasteiger partial charge is 0.356 e. The van der Waals surface area contributed by atoms with E-state index in [0.717, 1.165) is 30.1 Å². The number of alkyl halides is 4. The van der Waals surface area contributed by atoms with Gasteiger partial charge in [-0.2, -0.15) is 13.2 Å². The van der Waals surface area contributed by atoms with E-state index in [-0.39, 0.29) is 35.3 Å². The van der Waals surface area contributed by atoms with Crippen LogP contribution in [0.3, 0.4) is 0 Å². The van der Waals surface area contributed by atoms with Crippen LogP contribution in [0.15, 0.2) is 18.2 Å². The van der Waals surface area contributed by atoms with Gasteiger partial charge in [0.2, 0.25) is 23.5 Å². The molecule has 2 aliphatic heterocycles. The van der Waals surface area contributed by atoms with Crippen LogP contribution < -0.4 is 16.0 Å². The molecule has 3 fully saturated rings. The summed E-state index contributed by atoms with van der Waals surface area (Å²) in [5, 5.41) is 6.62. The highest BCUT2D eigenvalue weighted by molar-refractivity contribution is 7.20. The fraction of sp³-hybridized carbons (Fsp3) is 0.586. The number of carbonyl (C=O) groups is 5. The molecule has 6 atom stereocenters. The van der Waals surface area contributed by atoms with Crippen molar-refractivity contribution in [1.82, 2.24) is 25.8 Å². The zero-order valence-electron chi connectivity index (χ0n) is 24.8. The lowest BCUT2D eigenvalue weighted by Gasteiger charge is -2.36. The second kappa shape index (κ2) is 11.3. The molecule has 16 heteroatoms. The lowest BCUT2D eigenvalue weighted by Crippen LogP contribution is -2.62. The molecule has 3 N–H and O–H groups in total. The molecule has 244 valence electrons. The van der Waals surface area contributed by atoms with Crippen LogP contribution in [-0.2, 0) is 19.2 Å². The van der Waals surface area contributed by atoms with E-state index in [4.69, 9.17) is 0 Å². The number of thiazole rings is 1. The van der Waals surface area contributed by atoms with Crippen molar-refractivity contribution in [3.05, 3.63) is 29.0 Å². The average Bonchev–Trinajstić information content (AvgIpc) is 3.45. The summed E-state index contributed by atoms with van der Waals surface area (Å²) < 4.78 is 69.0. The van der Waals surface area contributed by atoms with Crippen molar-refractivity contribution in [1.29, 1.82) is 0 Å². The van der Waals surface area contributed by atoms with Gasteiger partial charge in [-0.1, -0.05) is 19.9 Å². The number of piperidine rings is 1. The maximum Gasteiger partial charge on any atom is 0.471 e. The third kappa shape index (κ3) is 6.12. The second-order valence-corrected chi connectivity index (χ2v) is 13.9. The first kappa shape index (κ1) is 32.7. The Labute approximate surface area is 258 Å². The molecule has 2 aromatic rings. The van der Waals surface area contributed by atoms with Crippen LogP contribution in [0.1, 0.15) is 50.3 Å². The van der Waals surface area contributed by atoms with Crippen molar-refractivity contribution in [2.75, 3.05) is 13.1 Å². The van der Waals surface area contributed by atoms with Crippen molar-refractivity contribution in [2.45, 2.75) is 70.5 Å². The summed E-state index contributed by atoms with van der Waals surface area (Å²) in [7, 11) is 0. The normalized spacial score (nSPS) is 25.4. The molecule has 1 aromatic heterocycles. The van der Waals surface area contributed by atoms with Crippen LogP contribution in [0.2, 0.25) is 0 Å². The average molecular weight is 658 g/mol. The molecule has 4 amide bonds. The van der Waals surface area contributed by atoms with Crippen LogP contribution in [0.25, 0.3) is 10.2 Å². The summed E-state index contributed by atoms with van der Waals surface area (Å²) in [5.74, 6) is -7.62. The minimum Gasteiger partial charge on any atom is -0.356 e. The first-order valence-electron chi connectivity index (χ1n) is 14.4. The van der Waals surface area contributed by atoms with Gasteiger partial charge in [-0.3, -0.25) is 24.0 Å². The molecular weight excluding hydrogens is 625 g/mol. The molecule has 0 unspecified atom stereocenters. The zero-order valence-corrected chi connectivity index (χ0v) is 25.6. The van der Waals surface area contributed by atoms with E-state index in [0.29, 0.717) is 17.7 Å². The second-order valence-electron chi connectivity index (χ2n) is 12.9. The largest absolute Gasteiger partial charge is 0.471 e. The number of rotatable bonds is 9. The number of halogens is 5. The van der Waals surface area contributed by atoms with Gasteiger partial charge in [0.05, 0.1) is 10.7 Å². The highest BCUT2D eigenvalue weighted by Gasteiger charge is 2.70. The fourth-order valence-corrected chi connectivity index (χ4v) is 7.51. The van der Waals surface area contributed by atoms with Crippen LogP contribution in [0.5, 0.6) is 0 Å². The van der Waals surface area contributed by atoms with E-state index in [9.17, 15) is 41.5 Å². The third-order valence-electron chi connectivity index (χ3n) is 9.12. The number of aromatic nitrogens is 1. The molecule has 1 aromatic carbocycles. The summed E-state index contributed by atoms with van der Waals surface area (Å²) in [6.45, 7) is 5.62. The molecule has 45 heavy (non-hydrogen) atoms. The molecule has 5 rings (SSSR count). The number of nitrogens with zero attached hydrogens (tertiary/aromatic N) is 2. The number of amides is 4. The van der Waals surface area contributed by atoms with Crippen LogP contribution in [0.4, 0.5) is 22.0 Å². The van der Waals surface area contributed by atoms with Crippen LogP contribution in [0, 0.1) is 29.0 Å². The molecule has 1 aliphatic carbocycles. The van der Waals surface area contributed by atoms with Gasteiger partial charge in [0.25, 0.3) is 0 Å². The molecule has 0 spiro atoms. The number of benzene rings is 1. The van der Waals surface area contributed by atoms with Gasteiger partial charge in [0, 0.05) is 19.0 Å². The van der Waals surface area contributed by atoms with E-state index in [2.05, 4.69) is 15.6 Å². The van der Waals surface area contributed by atoms with Crippen molar-refractivity contribution in [3.63, 3.8) is 0 Å². The Morgan fingerprint density at radius 3 is 2.42 bits per heavy atom. The molecule has 10 nitrogen and oxygen atoms in total. The maximum atomic E-state index is 15.1. The number of hydrogen-bond acceptors (Lipinski definition) is 7. The quantitative estimate of drug-likeness (QED) is 0.280. The SMILES string of the molecule is CC(C)(F)[C@H](NC(=O)C(F)(F)F)C(=O)N1C[C@H]2[C@@H]([C@H]1C(=O)N[C@@H](C[C@@H]1CCNC1=O)C(=O)c1nc3c(F)cccc3s1)C2(C)C. The molecular formula is C29H32F5N5O5S. The lowest BCUT2D eigenvalue weighted by molar-refractivity contribution is -0.176. The molecule has 3 aliphatic rings. The van der Waals surface area contributed by atoms with E-state index in [1.165, 1.54) is 17.4 Å². The van der Waals surface area contributed by atoms with Gasteiger partial charge in [0.15, 0.2) is 5.01 Å². The first-order chi connectivity index (χ1) is 20.8. The lowest BCUT2D eigenvalue weighted by atomic mass is 9.94. The Morgan fingerprint density at radius 1 is 1.16 bits per heavy atom. The molecule has 1 saturated carbocycles. The predicted octanol–water partition coefficient (Wildman–Crippen LogP) is 2.91. The summed E-state index contributed by atoms with van der Waals surface area (Å²) in [4.78, 5) is 70.5. The molecule has 0 radical (unpaired) electrons. The molecule has 3 heterocycles. The zero-order chi connectivity index (χ0) is 33.2. The van der Waals surface area contributed by atoms with Crippen molar-refractivity contribution >= 4 is 51.0 Å². The van der Waals surface area contributed by atoms with Crippen LogP contribution >= 0.6 is 11.3 Å². The summed E-state index contributed by atoms with van der Waals surface area (Å²) in [6.07, 6.45) is -5.14. The Hall–Kier alpha value is -3.69. The Kier molecular flexibility index (Phi) is 8.20. The number of Topliss-reactive ketones (excluding diaryl/α,β-unsaturated/α-hetero) is 1. The van der Waals surface area contributed by atoms with E-state index >= 15 is 4.39 Å². The third-order valence-corrected chi connectivity index (χ3v) is 10.2. The van der Waals surface area contributed by atoms with E-state index in [1.54, 1.807) is 6.07 Å². The number of para-hydroxylation sites is 1. The van der Waals surface area contributed by atoms with Crippen molar-refractivity contribution in [3.8, 4) is 0 Å². The minimum atomic E-state index is -5.39. The number of likely N-dealkylation sites (tertiary alicyclic amines) is 1. The summed E-state index contributed by atoms with van der Waals surface area (Å²) in [5.41, 5.74) is -3.15. The minimum absolute atomic E-state index is 0.0366. The van der Waals surface area contributed by atoms with Gasteiger partial charge >= 0.3 is 12.1 Å². The van der Waals surface area contributed by atoms with Crippen molar-refractivity contribution in [2.24, 2.45) is 23.2 Å². The highest BCUT2D eigenvalue weighted by atomic mass is 32.1. The first-order valence-corrected chi connectivity index (χ1v) is 15.2. The van der Waals surface area contributed by atoms with E-state index in [1.807, 2.05) is 13.8 Å². The Morgan fingerprint density at radius 2 is 1.84 bits per heavy atom. The fourth-order valence-electron chi connectivity index (χ4n) is 6.53. The van der Waals surface area contributed by atoms with Gasteiger partial charge in [0.1, 0.15) is 29.1 Å². The van der Waals surface area contributed by atoms with Crippen LogP contribution in [-0.4, -0.2) is 82.4 Å². The molecule has 0 bridgehead atoms.